The van der Waals surface area contributed by atoms with Gasteiger partial charge in [-0.05, 0) is 25.1 Å². The molecule has 86 valence electrons. The molecule has 0 spiro atoms. The minimum atomic E-state index is 0.340. The first kappa shape index (κ1) is 11.4. The zero-order chi connectivity index (χ0) is 11.5. The van der Waals surface area contributed by atoms with E-state index in [4.69, 9.17) is 16.3 Å². The molecule has 3 nitrogen and oxygen atoms in total. The predicted molar refractivity (Wildman–Crippen MR) is 64.5 cm³/mol. The molecule has 1 aliphatic heterocycles. The van der Waals surface area contributed by atoms with E-state index in [2.05, 4.69) is 11.8 Å². The van der Waals surface area contributed by atoms with Gasteiger partial charge in [0.25, 0.3) is 0 Å². The van der Waals surface area contributed by atoms with Crippen molar-refractivity contribution in [2.75, 3.05) is 24.7 Å². The minimum Gasteiger partial charge on any atom is -0.377 e. The molecule has 16 heavy (non-hydrogen) atoms. The summed E-state index contributed by atoms with van der Waals surface area (Å²) in [5.41, 5.74) is 1.58. The van der Waals surface area contributed by atoms with Crippen LogP contribution in [0.5, 0.6) is 0 Å². The van der Waals surface area contributed by atoms with Crippen LogP contribution in [0.25, 0.3) is 0 Å². The molecule has 1 atom stereocenters. The molecule has 1 aliphatic rings. The summed E-state index contributed by atoms with van der Waals surface area (Å²) in [5.74, 6) is 0. The molecule has 1 unspecified atom stereocenters. The number of carbonyl (C=O) groups is 1. The average Bonchev–Trinajstić information content (AvgIpc) is 2.29. The summed E-state index contributed by atoms with van der Waals surface area (Å²) in [6.45, 7) is 4.43. The average molecular weight is 240 g/mol. The lowest BCUT2D eigenvalue weighted by Gasteiger charge is -2.35. The molecule has 1 aromatic rings. The standard InChI is InChI=1S/C12H14ClNO2/c1-9-8-16-5-4-14(9)11-3-2-10(7-15)12(13)6-11/h2-3,6-7,9H,4-5,8H2,1H3. The maximum absolute atomic E-state index is 10.7. The highest BCUT2D eigenvalue weighted by atomic mass is 35.5. The van der Waals surface area contributed by atoms with Crippen LogP contribution in [0.2, 0.25) is 5.02 Å². The SMILES string of the molecule is CC1COCCN1c1ccc(C=O)c(Cl)c1. The number of ether oxygens (including phenoxy) is 1. The Morgan fingerprint density at radius 1 is 1.56 bits per heavy atom. The van der Waals surface area contributed by atoms with Crippen LogP contribution in [0.4, 0.5) is 5.69 Å². The number of nitrogens with zero attached hydrogens (tertiary/aromatic N) is 1. The van der Waals surface area contributed by atoms with Crippen LogP contribution in [-0.2, 0) is 4.74 Å². The van der Waals surface area contributed by atoms with Gasteiger partial charge in [0, 0.05) is 23.8 Å². The van der Waals surface area contributed by atoms with E-state index in [0.717, 1.165) is 31.7 Å². The monoisotopic (exact) mass is 239 g/mol. The zero-order valence-corrected chi connectivity index (χ0v) is 9.91. The van der Waals surface area contributed by atoms with Gasteiger partial charge in [-0.15, -0.1) is 0 Å². The summed E-state index contributed by atoms with van der Waals surface area (Å²) in [4.78, 5) is 12.9. The summed E-state index contributed by atoms with van der Waals surface area (Å²) < 4.78 is 5.38. The molecule has 0 amide bonds. The summed E-state index contributed by atoms with van der Waals surface area (Å²) in [7, 11) is 0. The highest BCUT2D eigenvalue weighted by molar-refractivity contribution is 6.33. The number of hydrogen-bond acceptors (Lipinski definition) is 3. The molecule has 0 aliphatic carbocycles. The molecule has 2 rings (SSSR count). The number of halogens is 1. The van der Waals surface area contributed by atoms with E-state index in [9.17, 15) is 4.79 Å². The van der Waals surface area contributed by atoms with E-state index >= 15 is 0 Å². The van der Waals surface area contributed by atoms with Crippen LogP contribution in [0.15, 0.2) is 18.2 Å². The van der Waals surface area contributed by atoms with E-state index in [0.29, 0.717) is 16.6 Å². The van der Waals surface area contributed by atoms with Crippen LogP contribution in [0, 0.1) is 0 Å². The van der Waals surface area contributed by atoms with Gasteiger partial charge in [-0.25, -0.2) is 0 Å². The summed E-state index contributed by atoms with van der Waals surface area (Å²) in [6, 6.07) is 5.86. The molecule has 1 heterocycles. The van der Waals surface area contributed by atoms with E-state index < -0.39 is 0 Å². The quantitative estimate of drug-likeness (QED) is 0.743. The number of carbonyl (C=O) groups excluding carboxylic acids is 1. The highest BCUT2D eigenvalue weighted by Crippen LogP contribution is 2.25. The molecule has 0 saturated carbocycles. The molecule has 4 heteroatoms. The lowest BCUT2D eigenvalue weighted by molar-refractivity contribution is 0.0989. The molecule has 0 N–H and O–H groups in total. The Bertz CT molecular complexity index is 395. The molecular weight excluding hydrogens is 226 g/mol. The fourth-order valence-corrected chi connectivity index (χ4v) is 2.12. The second kappa shape index (κ2) is 4.85. The maximum Gasteiger partial charge on any atom is 0.151 e. The van der Waals surface area contributed by atoms with E-state index in [1.807, 2.05) is 12.1 Å². The van der Waals surface area contributed by atoms with E-state index in [1.54, 1.807) is 6.07 Å². The predicted octanol–water partition coefficient (Wildman–Crippen LogP) is 2.38. The summed E-state index contributed by atoms with van der Waals surface area (Å²) >= 11 is 6.01. The van der Waals surface area contributed by atoms with Crippen LogP contribution in [-0.4, -0.2) is 32.1 Å². The van der Waals surface area contributed by atoms with Crippen molar-refractivity contribution < 1.29 is 9.53 Å². The lowest BCUT2D eigenvalue weighted by atomic mass is 10.1. The van der Waals surface area contributed by atoms with Gasteiger partial charge in [-0.3, -0.25) is 4.79 Å². The van der Waals surface area contributed by atoms with Crippen LogP contribution < -0.4 is 4.90 Å². The second-order valence-electron chi connectivity index (χ2n) is 3.94. The third-order valence-corrected chi connectivity index (χ3v) is 3.14. The van der Waals surface area contributed by atoms with Gasteiger partial charge in [-0.2, -0.15) is 0 Å². The van der Waals surface area contributed by atoms with Gasteiger partial charge in [0.2, 0.25) is 0 Å². The Kier molecular flexibility index (Phi) is 3.46. The molecule has 0 bridgehead atoms. The van der Waals surface area contributed by atoms with Gasteiger partial charge in [0.15, 0.2) is 6.29 Å². The number of rotatable bonds is 2. The molecule has 1 aromatic carbocycles. The summed E-state index contributed by atoms with van der Waals surface area (Å²) in [5, 5.41) is 0.506. The Morgan fingerprint density at radius 2 is 2.38 bits per heavy atom. The van der Waals surface area contributed by atoms with Gasteiger partial charge < -0.3 is 9.64 Å². The van der Waals surface area contributed by atoms with Crippen molar-refractivity contribution in [3.63, 3.8) is 0 Å². The highest BCUT2D eigenvalue weighted by Gasteiger charge is 2.19. The maximum atomic E-state index is 10.7. The van der Waals surface area contributed by atoms with Crippen molar-refractivity contribution in [2.45, 2.75) is 13.0 Å². The Hall–Kier alpha value is -1.06. The van der Waals surface area contributed by atoms with E-state index in [-0.39, 0.29) is 0 Å². The number of benzene rings is 1. The Balaban J connectivity index is 2.26. The van der Waals surface area contributed by atoms with Crippen molar-refractivity contribution in [1.29, 1.82) is 0 Å². The third-order valence-electron chi connectivity index (χ3n) is 2.81. The van der Waals surface area contributed by atoms with Crippen molar-refractivity contribution in [1.82, 2.24) is 0 Å². The smallest absolute Gasteiger partial charge is 0.151 e. The first-order chi connectivity index (χ1) is 7.72. The fourth-order valence-electron chi connectivity index (χ4n) is 1.90. The Labute approximate surface area is 100.0 Å². The number of morpholine rings is 1. The number of anilines is 1. The topological polar surface area (TPSA) is 29.5 Å². The minimum absolute atomic E-state index is 0.340. The lowest BCUT2D eigenvalue weighted by Crippen LogP contribution is -2.43. The van der Waals surface area contributed by atoms with Gasteiger partial charge in [-0.1, -0.05) is 11.6 Å². The van der Waals surface area contributed by atoms with Crippen LogP contribution >= 0.6 is 11.6 Å². The number of hydrogen-bond donors (Lipinski definition) is 0. The first-order valence-electron chi connectivity index (χ1n) is 5.31. The summed E-state index contributed by atoms with van der Waals surface area (Å²) in [6.07, 6.45) is 0.773. The zero-order valence-electron chi connectivity index (χ0n) is 9.15. The van der Waals surface area contributed by atoms with Crippen molar-refractivity contribution >= 4 is 23.6 Å². The molecule has 1 fully saturated rings. The third kappa shape index (κ3) is 2.20. The molecule has 0 aromatic heterocycles. The normalized spacial score (nSPS) is 20.9. The van der Waals surface area contributed by atoms with Gasteiger partial charge in [0.1, 0.15) is 0 Å². The fraction of sp³-hybridized carbons (Fsp3) is 0.417. The molecule has 0 radical (unpaired) electrons. The van der Waals surface area contributed by atoms with Crippen molar-refractivity contribution in [3.8, 4) is 0 Å². The van der Waals surface area contributed by atoms with Crippen LogP contribution in [0.1, 0.15) is 17.3 Å². The largest absolute Gasteiger partial charge is 0.377 e. The Morgan fingerprint density at radius 3 is 3.00 bits per heavy atom. The first-order valence-corrected chi connectivity index (χ1v) is 5.69. The van der Waals surface area contributed by atoms with Gasteiger partial charge in [0.05, 0.1) is 18.2 Å². The van der Waals surface area contributed by atoms with Crippen LogP contribution in [0.3, 0.4) is 0 Å². The molecule has 1 saturated heterocycles. The van der Waals surface area contributed by atoms with Crippen molar-refractivity contribution in [3.05, 3.63) is 28.8 Å². The second-order valence-corrected chi connectivity index (χ2v) is 4.35. The van der Waals surface area contributed by atoms with Gasteiger partial charge >= 0.3 is 0 Å². The van der Waals surface area contributed by atoms with E-state index in [1.165, 1.54) is 0 Å². The van der Waals surface area contributed by atoms with Crippen molar-refractivity contribution in [2.24, 2.45) is 0 Å². The molecular formula is C12H14ClNO2. The number of aldehydes is 1.